The SMILES string of the molecule is CN(O)C(=O)CCCCSCCC1C2CCC(O2)C1COC1CCCCC1. The summed E-state index contributed by atoms with van der Waals surface area (Å²) >= 11 is 1.99. The standard InChI is InChI=1S/C21H37NO4S/c1-22(24)21(23)9-5-6-13-27-14-12-17-18(20-11-10-19(17)26-20)15-25-16-7-3-2-4-8-16/h16-20,24H,2-15H2,1H3. The number of amides is 1. The third kappa shape index (κ3) is 6.34. The number of nitrogens with zero attached hydrogens (tertiary/aromatic N) is 1. The molecule has 5 nitrogen and oxygen atoms in total. The van der Waals surface area contributed by atoms with E-state index in [1.165, 1.54) is 64.2 Å². The van der Waals surface area contributed by atoms with Crippen molar-refractivity contribution in [3.8, 4) is 0 Å². The van der Waals surface area contributed by atoms with Gasteiger partial charge in [0.05, 0.1) is 24.9 Å². The predicted molar refractivity (Wildman–Crippen MR) is 108 cm³/mol. The Hall–Kier alpha value is -0.300. The molecule has 1 N–H and O–H groups in total. The van der Waals surface area contributed by atoms with Crippen LogP contribution in [0, 0.1) is 11.8 Å². The Morgan fingerprint density at radius 1 is 1.07 bits per heavy atom. The summed E-state index contributed by atoms with van der Waals surface area (Å²) in [6.45, 7) is 0.901. The minimum Gasteiger partial charge on any atom is -0.378 e. The lowest BCUT2D eigenvalue weighted by molar-refractivity contribution is -0.159. The summed E-state index contributed by atoms with van der Waals surface area (Å²) in [5.74, 6) is 3.34. The molecule has 4 atom stereocenters. The zero-order valence-electron chi connectivity index (χ0n) is 16.8. The summed E-state index contributed by atoms with van der Waals surface area (Å²) in [5, 5.41) is 9.74. The maximum Gasteiger partial charge on any atom is 0.245 e. The van der Waals surface area contributed by atoms with E-state index in [-0.39, 0.29) is 5.91 Å². The van der Waals surface area contributed by atoms with E-state index in [9.17, 15) is 4.79 Å². The summed E-state index contributed by atoms with van der Waals surface area (Å²) in [5.41, 5.74) is 0. The van der Waals surface area contributed by atoms with Gasteiger partial charge in [0.25, 0.3) is 0 Å². The topological polar surface area (TPSA) is 59.0 Å². The van der Waals surface area contributed by atoms with Gasteiger partial charge < -0.3 is 9.47 Å². The van der Waals surface area contributed by atoms with Crippen LogP contribution in [0.2, 0.25) is 0 Å². The lowest BCUT2D eigenvalue weighted by Crippen LogP contribution is -2.33. The average molecular weight is 400 g/mol. The highest BCUT2D eigenvalue weighted by Gasteiger charge is 2.48. The molecule has 0 radical (unpaired) electrons. The molecule has 1 amide bonds. The van der Waals surface area contributed by atoms with Crippen LogP contribution >= 0.6 is 11.8 Å². The van der Waals surface area contributed by atoms with Gasteiger partial charge in [0, 0.05) is 19.4 Å². The Labute approximate surface area is 168 Å². The van der Waals surface area contributed by atoms with Crippen LogP contribution in [0.1, 0.15) is 70.6 Å². The molecule has 3 fully saturated rings. The number of hydroxylamine groups is 2. The molecule has 2 saturated heterocycles. The van der Waals surface area contributed by atoms with E-state index in [2.05, 4.69) is 0 Å². The second kappa shape index (κ2) is 11.0. The molecule has 3 rings (SSSR count). The van der Waals surface area contributed by atoms with E-state index in [4.69, 9.17) is 14.7 Å². The maximum absolute atomic E-state index is 11.3. The van der Waals surface area contributed by atoms with Crippen LogP contribution in [-0.4, -0.2) is 59.6 Å². The van der Waals surface area contributed by atoms with Crippen molar-refractivity contribution in [2.75, 3.05) is 25.2 Å². The molecule has 0 spiro atoms. The molecule has 2 bridgehead atoms. The highest BCUT2D eigenvalue weighted by Crippen LogP contribution is 2.45. The Balaban J connectivity index is 1.30. The first-order valence-electron chi connectivity index (χ1n) is 11.0. The monoisotopic (exact) mass is 399 g/mol. The molecule has 1 aliphatic carbocycles. The fourth-order valence-electron chi connectivity index (χ4n) is 4.94. The number of hydrogen-bond acceptors (Lipinski definition) is 5. The third-order valence-electron chi connectivity index (χ3n) is 6.55. The molecule has 2 heterocycles. The number of rotatable bonds is 11. The number of fused-ring (bicyclic) bond motifs is 2. The Morgan fingerprint density at radius 2 is 1.81 bits per heavy atom. The highest BCUT2D eigenvalue weighted by atomic mass is 32.2. The van der Waals surface area contributed by atoms with Crippen molar-refractivity contribution >= 4 is 17.7 Å². The fraction of sp³-hybridized carbons (Fsp3) is 0.952. The summed E-state index contributed by atoms with van der Waals surface area (Å²) in [6, 6.07) is 0. The molecule has 0 aromatic heterocycles. The van der Waals surface area contributed by atoms with Gasteiger partial charge in [-0.1, -0.05) is 19.3 Å². The van der Waals surface area contributed by atoms with E-state index < -0.39 is 0 Å². The van der Waals surface area contributed by atoms with Gasteiger partial charge in [0.15, 0.2) is 0 Å². The van der Waals surface area contributed by atoms with Crippen molar-refractivity contribution in [3.63, 3.8) is 0 Å². The molecule has 6 heteroatoms. The molecule has 2 aliphatic heterocycles. The molecule has 0 aromatic rings. The summed E-state index contributed by atoms with van der Waals surface area (Å²) in [6.07, 6.45) is 13.9. The van der Waals surface area contributed by atoms with E-state index >= 15 is 0 Å². The smallest absolute Gasteiger partial charge is 0.245 e. The number of thioether (sulfide) groups is 1. The molecular formula is C21H37NO4S. The van der Waals surface area contributed by atoms with Gasteiger partial charge in [-0.15, -0.1) is 0 Å². The summed E-state index contributed by atoms with van der Waals surface area (Å²) in [7, 11) is 1.39. The number of carbonyl (C=O) groups is 1. The molecule has 3 aliphatic rings. The number of unbranched alkanes of at least 4 members (excludes halogenated alkanes) is 1. The largest absolute Gasteiger partial charge is 0.378 e. The molecule has 156 valence electrons. The van der Waals surface area contributed by atoms with Crippen LogP contribution in [0.15, 0.2) is 0 Å². The molecule has 1 saturated carbocycles. The quantitative estimate of drug-likeness (QED) is 0.319. The predicted octanol–water partition coefficient (Wildman–Crippen LogP) is 4.27. The van der Waals surface area contributed by atoms with Crippen LogP contribution < -0.4 is 0 Å². The second-order valence-electron chi connectivity index (χ2n) is 8.49. The molecule has 4 unspecified atom stereocenters. The highest BCUT2D eigenvalue weighted by molar-refractivity contribution is 7.99. The lowest BCUT2D eigenvalue weighted by atomic mass is 9.78. The van der Waals surface area contributed by atoms with Gasteiger partial charge in [-0.3, -0.25) is 10.0 Å². The van der Waals surface area contributed by atoms with Crippen LogP contribution in [-0.2, 0) is 14.3 Å². The van der Waals surface area contributed by atoms with Crippen molar-refractivity contribution in [1.29, 1.82) is 0 Å². The summed E-state index contributed by atoms with van der Waals surface area (Å²) < 4.78 is 12.5. The minimum absolute atomic E-state index is 0.195. The molecule has 0 aromatic carbocycles. The van der Waals surface area contributed by atoms with E-state index in [1.807, 2.05) is 11.8 Å². The zero-order chi connectivity index (χ0) is 19.1. The first kappa shape index (κ1) is 21.4. The zero-order valence-corrected chi connectivity index (χ0v) is 17.6. The first-order chi connectivity index (χ1) is 13.1. The minimum atomic E-state index is -0.195. The van der Waals surface area contributed by atoms with E-state index in [0.29, 0.717) is 41.6 Å². The van der Waals surface area contributed by atoms with Gasteiger partial charge >= 0.3 is 0 Å². The number of hydrogen-bond donors (Lipinski definition) is 1. The Kier molecular flexibility index (Phi) is 8.75. The first-order valence-corrected chi connectivity index (χ1v) is 12.1. The van der Waals surface area contributed by atoms with Crippen LogP contribution in [0.25, 0.3) is 0 Å². The van der Waals surface area contributed by atoms with Gasteiger partial charge in [-0.05, 0) is 62.4 Å². The fourth-order valence-corrected chi connectivity index (χ4v) is 6.00. The number of carbonyl (C=O) groups excluding carboxylic acids is 1. The van der Waals surface area contributed by atoms with Gasteiger partial charge in [0.2, 0.25) is 5.91 Å². The van der Waals surface area contributed by atoms with Crippen molar-refractivity contribution in [2.24, 2.45) is 11.8 Å². The van der Waals surface area contributed by atoms with Crippen LogP contribution in [0.4, 0.5) is 0 Å². The van der Waals surface area contributed by atoms with Crippen molar-refractivity contribution in [2.45, 2.75) is 88.9 Å². The van der Waals surface area contributed by atoms with E-state index in [0.717, 1.165) is 25.2 Å². The molecule has 27 heavy (non-hydrogen) atoms. The number of ether oxygens (including phenoxy) is 2. The maximum atomic E-state index is 11.3. The second-order valence-corrected chi connectivity index (χ2v) is 9.71. The summed E-state index contributed by atoms with van der Waals surface area (Å²) in [4.78, 5) is 11.3. The lowest BCUT2D eigenvalue weighted by Gasteiger charge is -2.30. The van der Waals surface area contributed by atoms with Crippen LogP contribution in [0.5, 0.6) is 0 Å². The average Bonchev–Trinajstić information content (AvgIpc) is 3.28. The van der Waals surface area contributed by atoms with E-state index in [1.54, 1.807) is 0 Å². The van der Waals surface area contributed by atoms with Crippen molar-refractivity contribution in [3.05, 3.63) is 0 Å². The normalized spacial score (nSPS) is 30.7. The van der Waals surface area contributed by atoms with Crippen molar-refractivity contribution in [1.82, 2.24) is 5.06 Å². The van der Waals surface area contributed by atoms with Gasteiger partial charge in [-0.2, -0.15) is 11.8 Å². The van der Waals surface area contributed by atoms with Crippen LogP contribution in [0.3, 0.4) is 0 Å². The van der Waals surface area contributed by atoms with Gasteiger partial charge in [-0.25, -0.2) is 5.06 Å². The third-order valence-corrected chi connectivity index (χ3v) is 7.65. The van der Waals surface area contributed by atoms with Crippen molar-refractivity contribution < 1.29 is 19.5 Å². The Morgan fingerprint density at radius 3 is 2.56 bits per heavy atom. The Bertz CT molecular complexity index is 455. The molecular weight excluding hydrogens is 362 g/mol. The van der Waals surface area contributed by atoms with Gasteiger partial charge in [0.1, 0.15) is 0 Å².